The predicted molar refractivity (Wildman–Crippen MR) is 63.2 cm³/mol. The minimum Gasteiger partial charge on any atom is -0.383 e. The third-order valence-electron chi connectivity index (χ3n) is 2.97. The standard InChI is InChI=1S/C11H23N3O2/c1-16-10-9-14-7-5-13(6-8-14)4-2-3-11(12)15/h2-10H2,1H3,(H2,12,15). The summed E-state index contributed by atoms with van der Waals surface area (Å²) < 4.78 is 5.06. The molecular weight excluding hydrogens is 206 g/mol. The zero-order valence-electron chi connectivity index (χ0n) is 10.2. The number of amides is 1. The fourth-order valence-electron chi connectivity index (χ4n) is 1.93. The van der Waals surface area contributed by atoms with E-state index in [0.29, 0.717) is 6.42 Å². The molecule has 1 saturated heterocycles. The van der Waals surface area contributed by atoms with Crippen molar-refractivity contribution in [2.24, 2.45) is 5.73 Å². The van der Waals surface area contributed by atoms with Crippen LogP contribution in [0.15, 0.2) is 0 Å². The zero-order chi connectivity index (χ0) is 11.8. The van der Waals surface area contributed by atoms with Gasteiger partial charge in [-0.3, -0.25) is 9.69 Å². The van der Waals surface area contributed by atoms with Crippen LogP contribution in [0.5, 0.6) is 0 Å². The Hall–Kier alpha value is -0.650. The number of methoxy groups -OCH3 is 1. The van der Waals surface area contributed by atoms with E-state index in [0.717, 1.165) is 52.3 Å². The molecule has 0 aromatic rings. The van der Waals surface area contributed by atoms with Crippen molar-refractivity contribution in [3.05, 3.63) is 0 Å². The van der Waals surface area contributed by atoms with E-state index in [-0.39, 0.29) is 5.91 Å². The van der Waals surface area contributed by atoms with E-state index < -0.39 is 0 Å². The van der Waals surface area contributed by atoms with Gasteiger partial charge >= 0.3 is 0 Å². The molecule has 1 aliphatic rings. The van der Waals surface area contributed by atoms with E-state index >= 15 is 0 Å². The maximum atomic E-state index is 10.6. The van der Waals surface area contributed by atoms with Crippen molar-refractivity contribution in [3.8, 4) is 0 Å². The van der Waals surface area contributed by atoms with Gasteiger partial charge in [0.25, 0.3) is 0 Å². The molecule has 0 aromatic heterocycles. The summed E-state index contributed by atoms with van der Waals surface area (Å²) in [4.78, 5) is 15.4. The first-order chi connectivity index (χ1) is 7.72. The van der Waals surface area contributed by atoms with Crippen molar-refractivity contribution < 1.29 is 9.53 Å². The van der Waals surface area contributed by atoms with Crippen LogP contribution in [-0.2, 0) is 9.53 Å². The molecule has 5 heteroatoms. The molecular formula is C11H23N3O2. The lowest BCUT2D eigenvalue weighted by molar-refractivity contribution is -0.118. The van der Waals surface area contributed by atoms with Crippen LogP contribution in [0.4, 0.5) is 0 Å². The van der Waals surface area contributed by atoms with Gasteiger partial charge in [-0.1, -0.05) is 0 Å². The smallest absolute Gasteiger partial charge is 0.217 e. The summed E-state index contributed by atoms with van der Waals surface area (Å²) in [6.45, 7) is 7.18. The van der Waals surface area contributed by atoms with Crippen LogP contribution in [-0.4, -0.2) is 68.7 Å². The van der Waals surface area contributed by atoms with Crippen molar-refractivity contribution in [1.82, 2.24) is 9.80 Å². The molecule has 1 rings (SSSR count). The monoisotopic (exact) mass is 229 g/mol. The Morgan fingerprint density at radius 3 is 2.25 bits per heavy atom. The van der Waals surface area contributed by atoms with Crippen LogP contribution in [0.25, 0.3) is 0 Å². The van der Waals surface area contributed by atoms with Gasteiger partial charge in [-0.25, -0.2) is 0 Å². The molecule has 0 aliphatic carbocycles. The molecule has 0 atom stereocenters. The molecule has 0 radical (unpaired) electrons. The molecule has 0 saturated carbocycles. The van der Waals surface area contributed by atoms with E-state index in [1.54, 1.807) is 7.11 Å². The maximum Gasteiger partial charge on any atom is 0.217 e. The van der Waals surface area contributed by atoms with Gasteiger partial charge in [-0.2, -0.15) is 0 Å². The first-order valence-electron chi connectivity index (χ1n) is 5.94. The summed E-state index contributed by atoms with van der Waals surface area (Å²) >= 11 is 0. The molecule has 16 heavy (non-hydrogen) atoms. The summed E-state index contributed by atoms with van der Waals surface area (Å²) in [5, 5.41) is 0. The van der Waals surface area contributed by atoms with Gasteiger partial charge in [0.1, 0.15) is 0 Å². The number of nitrogens with two attached hydrogens (primary N) is 1. The lowest BCUT2D eigenvalue weighted by Crippen LogP contribution is -2.47. The molecule has 0 bridgehead atoms. The molecule has 1 heterocycles. The summed E-state index contributed by atoms with van der Waals surface area (Å²) in [6.07, 6.45) is 1.39. The van der Waals surface area contributed by atoms with E-state index in [2.05, 4.69) is 9.80 Å². The minimum atomic E-state index is -0.196. The highest BCUT2D eigenvalue weighted by molar-refractivity contribution is 5.73. The number of hydrogen-bond donors (Lipinski definition) is 1. The number of primary amides is 1. The largest absolute Gasteiger partial charge is 0.383 e. The maximum absolute atomic E-state index is 10.6. The number of piperazine rings is 1. The van der Waals surface area contributed by atoms with Gasteiger partial charge in [0.15, 0.2) is 0 Å². The Morgan fingerprint density at radius 1 is 1.19 bits per heavy atom. The third-order valence-corrected chi connectivity index (χ3v) is 2.97. The van der Waals surface area contributed by atoms with E-state index in [1.165, 1.54) is 0 Å². The lowest BCUT2D eigenvalue weighted by Gasteiger charge is -2.34. The fourth-order valence-corrected chi connectivity index (χ4v) is 1.93. The number of carbonyl (C=O) groups excluding carboxylic acids is 1. The molecule has 0 unspecified atom stereocenters. The second kappa shape index (κ2) is 7.60. The molecule has 94 valence electrons. The van der Waals surface area contributed by atoms with Crippen LogP contribution in [0, 0.1) is 0 Å². The van der Waals surface area contributed by atoms with Gasteiger partial charge in [-0.05, 0) is 13.0 Å². The molecule has 5 nitrogen and oxygen atoms in total. The molecule has 1 amide bonds. The third kappa shape index (κ3) is 5.44. The summed E-state index contributed by atoms with van der Waals surface area (Å²) in [5.74, 6) is -0.196. The van der Waals surface area contributed by atoms with Crippen molar-refractivity contribution in [2.45, 2.75) is 12.8 Å². The molecule has 0 spiro atoms. The van der Waals surface area contributed by atoms with Gasteiger partial charge in [0.2, 0.25) is 5.91 Å². The summed E-state index contributed by atoms with van der Waals surface area (Å²) in [6, 6.07) is 0. The fraction of sp³-hybridized carbons (Fsp3) is 0.909. The topological polar surface area (TPSA) is 58.8 Å². The first kappa shape index (κ1) is 13.4. The number of carbonyl (C=O) groups is 1. The Balaban J connectivity index is 2.05. The zero-order valence-corrected chi connectivity index (χ0v) is 10.2. The number of ether oxygens (including phenoxy) is 1. The number of nitrogens with zero attached hydrogens (tertiary/aromatic N) is 2. The van der Waals surface area contributed by atoms with E-state index in [1.807, 2.05) is 0 Å². The van der Waals surface area contributed by atoms with Crippen molar-refractivity contribution >= 4 is 5.91 Å². The summed E-state index contributed by atoms with van der Waals surface area (Å²) in [7, 11) is 1.74. The normalized spacial score (nSPS) is 18.8. The Bertz CT molecular complexity index is 203. The van der Waals surface area contributed by atoms with Crippen molar-refractivity contribution in [1.29, 1.82) is 0 Å². The van der Waals surface area contributed by atoms with Crippen LogP contribution < -0.4 is 5.73 Å². The highest BCUT2D eigenvalue weighted by atomic mass is 16.5. The van der Waals surface area contributed by atoms with Gasteiger partial charge in [-0.15, -0.1) is 0 Å². The van der Waals surface area contributed by atoms with Crippen LogP contribution in [0.2, 0.25) is 0 Å². The average Bonchev–Trinajstić information content (AvgIpc) is 2.27. The van der Waals surface area contributed by atoms with E-state index in [4.69, 9.17) is 10.5 Å². The lowest BCUT2D eigenvalue weighted by atomic mass is 10.2. The first-order valence-corrected chi connectivity index (χ1v) is 5.94. The summed E-state index contributed by atoms with van der Waals surface area (Å²) in [5.41, 5.74) is 5.11. The SMILES string of the molecule is COCCN1CCN(CCCC(N)=O)CC1. The van der Waals surface area contributed by atoms with Gasteiger partial charge in [0.05, 0.1) is 6.61 Å². The molecule has 1 fully saturated rings. The minimum absolute atomic E-state index is 0.196. The second-order valence-electron chi connectivity index (χ2n) is 4.25. The van der Waals surface area contributed by atoms with Crippen LogP contribution in [0.1, 0.15) is 12.8 Å². The second-order valence-corrected chi connectivity index (χ2v) is 4.25. The highest BCUT2D eigenvalue weighted by Crippen LogP contribution is 2.03. The van der Waals surface area contributed by atoms with Gasteiger partial charge < -0.3 is 15.4 Å². The van der Waals surface area contributed by atoms with Crippen LogP contribution in [0.3, 0.4) is 0 Å². The molecule has 1 aliphatic heterocycles. The predicted octanol–water partition coefficient (Wildman–Crippen LogP) is -0.484. The van der Waals surface area contributed by atoms with Crippen molar-refractivity contribution in [2.75, 3.05) is 53.0 Å². The molecule has 0 aromatic carbocycles. The van der Waals surface area contributed by atoms with Gasteiger partial charge in [0, 0.05) is 46.3 Å². The highest BCUT2D eigenvalue weighted by Gasteiger charge is 2.15. The van der Waals surface area contributed by atoms with E-state index in [9.17, 15) is 4.79 Å². The number of hydrogen-bond acceptors (Lipinski definition) is 4. The average molecular weight is 229 g/mol. The Labute approximate surface area is 97.5 Å². The van der Waals surface area contributed by atoms with Crippen molar-refractivity contribution in [3.63, 3.8) is 0 Å². The van der Waals surface area contributed by atoms with Crippen LogP contribution >= 0.6 is 0 Å². The number of rotatable bonds is 7. The quantitative estimate of drug-likeness (QED) is 0.640. The Kier molecular flexibility index (Phi) is 6.37. The molecule has 2 N–H and O–H groups in total. The Morgan fingerprint density at radius 2 is 1.75 bits per heavy atom.